The molecule has 5 heteroatoms. The van der Waals surface area contributed by atoms with Crippen molar-refractivity contribution in [2.45, 2.75) is 74.0 Å². The maximum Gasteiger partial charge on any atom is 0.207 e. The van der Waals surface area contributed by atoms with Gasteiger partial charge in [0.2, 0.25) is 9.84 Å². The molecule has 0 amide bonds. The van der Waals surface area contributed by atoms with Gasteiger partial charge in [0, 0.05) is 48.1 Å². The molecule has 1 spiro atoms. The first-order valence-electron chi connectivity index (χ1n) is 24.2. The summed E-state index contributed by atoms with van der Waals surface area (Å²) < 4.78 is 33.1. The van der Waals surface area contributed by atoms with Gasteiger partial charge in [-0.1, -0.05) is 149 Å². The predicted molar refractivity (Wildman–Crippen MR) is 279 cm³/mol. The smallest absolute Gasteiger partial charge is 0.207 e. The van der Waals surface area contributed by atoms with E-state index in [9.17, 15) is 0 Å². The van der Waals surface area contributed by atoms with Gasteiger partial charge in [0.05, 0.1) is 9.79 Å². The summed E-state index contributed by atoms with van der Waals surface area (Å²) in [6.45, 7) is 9.45. The van der Waals surface area contributed by atoms with E-state index in [1.54, 1.807) is 0 Å². The van der Waals surface area contributed by atoms with Crippen molar-refractivity contribution in [2.24, 2.45) is 23.7 Å². The summed E-state index contributed by atoms with van der Waals surface area (Å²) in [5, 5.41) is 2.59. The molecule has 8 aromatic carbocycles. The average Bonchev–Trinajstić information content (AvgIpc) is 3.83. The monoisotopic (exact) mass is 907 g/mol. The van der Waals surface area contributed by atoms with Crippen molar-refractivity contribution >= 4 is 58.4 Å². The molecule has 1 aliphatic heterocycles. The third kappa shape index (κ3) is 5.90. The number of rotatable bonds is 5. The van der Waals surface area contributed by atoms with E-state index in [0.29, 0.717) is 33.5 Å². The number of benzene rings is 8. The molecular weight excluding hydrogens is 855 g/mol. The van der Waals surface area contributed by atoms with E-state index in [1.807, 2.05) is 29.5 Å². The average molecular weight is 908 g/mol. The Balaban J connectivity index is 0.988. The molecule has 4 aliphatic rings. The molecule has 2 saturated carbocycles. The van der Waals surface area contributed by atoms with Crippen molar-refractivity contribution in [2.75, 3.05) is 4.90 Å². The van der Waals surface area contributed by atoms with E-state index in [-0.39, 0.29) is 10.8 Å². The fourth-order valence-electron chi connectivity index (χ4n) is 13.8. The van der Waals surface area contributed by atoms with Gasteiger partial charge in [0.25, 0.3) is 0 Å². The second kappa shape index (κ2) is 14.9. The molecule has 2 heterocycles. The molecule has 0 atom stereocenters. The molecule has 3 aliphatic carbocycles. The van der Waals surface area contributed by atoms with Gasteiger partial charge in [0.1, 0.15) is 0 Å². The van der Waals surface area contributed by atoms with Gasteiger partial charge >= 0.3 is 0 Å². The lowest BCUT2D eigenvalue weighted by atomic mass is 9.46. The highest BCUT2D eigenvalue weighted by Crippen LogP contribution is 2.64. The number of thiophene rings is 1. The van der Waals surface area contributed by atoms with E-state index >= 15 is 8.42 Å². The van der Waals surface area contributed by atoms with Crippen molar-refractivity contribution in [1.82, 2.24) is 0 Å². The summed E-state index contributed by atoms with van der Waals surface area (Å²) in [5.74, 6) is 1.99. The highest BCUT2D eigenvalue weighted by atomic mass is 32.2. The normalized spacial score (nSPS) is 22.8. The number of nitrogens with zero attached hydrogens (tertiary/aromatic N) is 1. The lowest BCUT2D eigenvalue weighted by Crippen LogP contribution is -2.54. The first-order chi connectivity index (χ1) is 32.5. The topological polar surface area (TPSA) is 37.4 Å². The molecule has 0 unspecified atom stereocenters. The van der Waals surface area contributed by atoms with Gasteiger partial charge in [0.15, 0.2) is 0 Å². The van der Waals surface area contributed by atoms with E-state index < -0.39 is 9.84 Å². The minimum absolute atomic E-state index is 0.208. The van der Waals surface area contributed by atoms with Crippen LogP contribution in [0.5, 0.6) is 0 Å². The van der Waals surface area contributed by atoms with Gasteiger partial charge in [-0.25, -0.2) is 8.42 Å². The molecule has 0 radical (unpaired) electrons. The van der Waals surface area contributed by atoms with Crippen LogP contribution >= 0.6 is 11.3 Å². The lowest BCUT2D eigenvalue weighted by molar-refractivity contribution is 0.0231. The van der Waals surface area contributed by atoms with Gasteiger partial charge in [-0.3, -0.25) is 0 Å². The molecule has 3 nitrogen and oxygen atoms in total. The van der Waals surface area contributed by atoms with Crippen LogP contribution in [0.1, 0.15) is 75.6 Å². The zero-order chi connectivity index (χ0) is 45.4. The summed E-state index contributed by atoms with van der Waals surface area (Å²) in [6.07, 6.45) is 4.46. The molecule has 2 bridgehead atoms. The number of hydrogen-bond donors (Lipinski definition) is 0. The first-order valence-corrected chi connectivity index (χ1v) is 26.5. The highest BCUT2D eigenvalue weighted by Gasteiger charge is 2.59. The minimum atomic E-state index is -3.84. The van der Waals surface area contributed by atoms with Crippen LogP contribution in [0.2, 0.25) is 0 Å². The lowest BCUT2D eigenvalue weighted by Gasteiger charge is -2.59. The van der Waals surface area contributed by atoms with Crippen LogP contribution in [0.4, 0.5) is 17.1 Å². The van der Waals surface area contributed by atoms with Crippen molar-refractivity contribution in [3.63, 3.8) is 0 Å². The molecular formula is C62H53NO2S2. The van der Waals surface area contributed by atoms with Crippen LogP contribution in [0, 0.1) is 23.7 Å². The van der Waals surface area contributed by atoms with Gasteiger partial charge in [-0.05, 0) is 160 Å². The Morgan fingerprint density at radius 2 is 1.03 bits per heavy atom. The molecule has 13 rings (SSSR count). The zero-order valence-electron chi connectivity index (χ0n) is 38.5. The van der Waals surface area contributed by atoms with E-state index in [4.69, 9.17) is 0 Å². The molecule has 1 aromatic heterocycles. The van der Waals surface area contributed by atoms with Crippen molar-refractivity contribution in [3.8, 4) is 33.4 Å². The largest absolute Gasteiger partial charge is 0.310 e. The number of sulfone groups is 1. The third-order valence-electron chi connectivity index (χ3n) is 16.5. The van der Waals surface area contributed by atoms with Gasteiger partial charge in [-0.15, -0.1) is 11.3 Å². The number of fused-ring (bicyclic) bond motifs is 8. The van der Waals surface area contributed by atoms with Crippen LogP contribution in [0.25, 0.3) is 53.6 Å². The Morgan fingerprint density at radius 1 is 0.478 bits per heavy atom. The Hall–Kier alpha value is -6.27. The Morgan fingerprint density at radius 3 is 1.79 bits per heavy atom. The summed E-state index contributed by atoms with van der Waals surface area (Å²) in [4.78, 5) is 3.26. The quantitative estimate of drug-likeness (QED) is 0.173. The maximum atomic E-state index is 15.3. The van der Waals surface area contributed by atoms with Crippen molar-refractivity contribution < 1.29 is 8.42 Å². The first kappa shape index (κ1) is 41.0. The highest BCUT2D eigenvalue weighted by molar-refractivity contribution is 7.91. The summed E-state index contributed by atoms with van der Waals surface area (Å²) in [5.41, 5.74) is 14.2. The molecule has 9 aromatic rings. The van der Waals surface area contributed by atoms with Gasteiger partial charge in [-0.2, -0.15) is 0 Å². The standard InChI is InChI=1S/C62H53NO2S2/c1-38-32-41-34-39(2)35-42(33-38)62(41)53-20-10-12-23-58(53)67(64,65)59-37-45(29-31-54(59)62)63(44-28-30-49-48-16-7-9-19-52(48)61(3,4)55(49)36-44)43-26-24-40(25-27-43)46-14-5-6-15-47(46)50-18-13-22-57-60(50)51-17-8-11-21-56(51)66-57/h5-31,36-39,41-42H,32-35H2,1-4H3/t38-,39+,41+,42-,62?. The molecule has 0 N–H and O–H groups in total. The van der Waals surface area contributed by atoms with Crippen LogP contribution in [0.3, 0.4) is 0 Å². The fraction of sp³-hybridized carbons (Fsp3) is 0.226. The third-order valence-corrected chi connectivity index (χ3v) is 19.5. The minimum Gasteiger partial charge on any atom is -0.310 e. The van der Waals surface area contributed by atoms with Crippen LogP contribution in [-0.2, 0) is 20.7 Å². The van der Waals surface area contributed by atoms with Crippen LogP contribution in [-0.4, -0.2) is 8.42 Å². The second-order valence-electron chi connectivity index (χ2n) is 20.7. The van der Waals surface area contributed by atoms with E-state index in [0.717, 1.165) is 59.4 Å². The van der Waals surface area contributed by atoms with Gasteiger partial charge < -0.3 is 4.90 Å². The van der Waals surface area contributed by atoms with E-state index in [2.05, 4.69) is 190 Å². The SMILES string of the molecule is CC1(C)c2ccccc2-c2ccc(N(c3ccc(-c4ccccc4-c4cccc5sc6ccccc6c45)cc3)c3ccc4c(c3)S(=O)(=O)c3ccccc3C43[C@H]4C[C@@H](C)C[C@@H]3C[C@@H](C)C4)cc21. The van der Waals surface area contributed by atoms with Crippen LogP contribution in [0.15, 0.2) is 186 Å². The van der Waals surface area contributed by atoms with Crippen LogP contribution < -0.4 is 4.90 Å². The number of anilines is 3. The molecule has 67 heavy (non-hydrogen) atoms. The van der Waals surface area contributed by atoms with Crippen molar-refractivity contribution in [3.05, 3.63) is 198 Å². The Bertz CT molecular complexity index is 3570. The molecule has 2 fully saturated rings. The second-order valence-corrected chi connectivity index (χ2v) is 23.7. The summed E-state index contributed by atoms with van der Waals surface area (Å²) >= 11 is 1.85. The van der Waals surface area contributed by atoms with E-state index in [1.165, 1.54) is 59.1 Å². The zero-order valence-corrected chi connectivity index (χ0v) is 40.1. The Kier molecular flexibility index (Phi) is 9.09. The molecule has 0 saturated heterocycles. The Labute approximate surface area is 398 Å². The predicted octanol–water partition coefficient (Wildman–Crippen LogP) is 16.7. The van der Waals surface area contributed by atoms with Crippen molar-refractivity contribution in [1.29, 1.82) is 0 Å². The number of hydrogen-bond acceptors (Lipinski definition) is 4. The molecule has 330 valence electrons. The summed E-state index contributed by atoms with van der Waals surface area (Å²) in [6, 6.07) is 63.2. The fourth-order valence-corrected chi connectivity index (χ4v) is 16.8. The maximum absolute atomic E-state index is 15.3. The summed E-state index contributed by atoms with van der Waals surface area (Å²) in [7, 11) is -3.84.